The van der Waals surface area contributed by atoms with E-state index in [9.17, 15) is 19.7 Å². The molecule has 8 heteroatoms. The Morgan fingerprint density at radius 1 is 1.18 bits per heavy atom. The number of nitro groups is 1. The first-order chi connectivity index (χ1) is 13.3. The molecule has 1 atom stereocenters. The third kappa shape index (κ3) is 4.34. The minimum Gasteiger partial charge on any atom is -0.448 e. The fourth-order valence-electron chi connectivity index (χ4n) is 2.76. The van der Waals surface area contributed by atoms with E-state index in [4.69, 9.17) is 4.74 Å². The topological polar surface area (TPSA) is 89.7 Å². The van der Waals surface area contributed by atoms with Crippen LogP contribution < -0.4 is 0 Å². The highest BCUT2D eigenvalue weighted by molar-refractivity contribution is 7.20. The maximum atomic E-state index is 12.5. The molecule has 3 rings (SSSR count). The van der Waals surface area contributed by atoms with Crippen LogP contribution in [0.15, 0.2) is 54.6 Å². The maximum Gasteiger partial charge on any atom is 0.349 e. The summed E-state index contributed by atoms with van der Waals surface area (Å²) in [4.78, 5) is 37.1. The van der Waals surface area contributed by atoms with Gasteiger partial charge in [0.1, 0.15) is 4.88 Å². The fraction of sp³-hybridized carbons (Fsp3) is 0.200. The Morgan fingerprint density at radius 3 is 2.57 bits per heavy atom. The van der Waals surface area contributed by atoms with Crippen LogP contribution in [0.4, 0.5) is 5.69 Å². The van der Waals surface area contributed by atoms with Crippen LogP contribution in [0.3, 0.4) is 0 Å². The standard InChI is InChI=1S/C20H18N2O5S/c1-13(19(23)21(2)12-14-6-4-3-5-7-14)27-20(24)18-11-15-10-16(22(25)26)8-9-17(15)28-18/h3-11,13H,12H2,1-2H3. The van der Waals surface area contributed by atoms with Gasteiger partial charge in [-0.3, -0.25) is 14.9 Å². The number of nitrogens with zero attached hydrogens (tertiary/aromatic N) is 2. The van der Waals surface area contributed by atoms with Gasteiger partial charge in [-0.2, -0.15) is 0 Å². The SMILES string of the molecule is CC(OC(=O)c1cc2cc([N+](=O)[O-])ccc2s1)C(=O)N(C)Cc1ccccc1. The lowest BCUT2D eigenvalue weighted by molar-refractivity contribution is -0.384. The van der Waals surface area contributed by atoms with Crippen molar-refractivity contribution in [2.75, 3.05) is 7.05 Å². The zero-order valence-electron chi connectivity index (χ0n) is 15.3. The van der Waals surface area contributed by atoms with Crippen molar-refractivity contribution in [3.8, 4) is 0 Å². The quantitative estimate of drug-likeness (QED) is 0.355. The molecule has 28 heavy (non-hydrogen) atoms. The van der Waals surface area contributed by atoms with Gasteiger partial charge in [-0.05, 0) is 24.6 Å². The van der Waals surface area contributed by atoms with Crippen molar-refractivity contribution >= 4 is 39.0 Å². The molecule has 0 saturated carbocycles. The molecule has 1 heterocycles. The average molecular weight is 398 g/mol. The fourth-order valence-corrected chi connectivity index (χ4v) is 3.69. The maximum absolute atomic E-state index is 12.5. The first kappa shape index (κ1) is 19.5. The monoisotopic (exact) mass is 398 g/mol. The number of carbonyl (C=O) groups is 2. The zero-order chi connectivity index (χ0) is 20.3. The van der Waals surface area contributed by atoms with E-state index in [0.717, 1.165) is 10.3 Å². The number of carbonyl (C=O) groups excluding carboxylic acids is 2. The van der Waals surface area contributed by atoms with Gasteiger partial charge in [0.25, 0.3) is 11.6 Å². The summed E-state index contributed by atoms with van der Waals surface area (Å²) in [5.41, 5.74) is 0.930. The Labute approximate surface area is 165 Å². The summed E-state index contributed by atoms with van der Waals surface area (Å²) in [6.07, 6.45) is -0.944. The molecule has 7 nitrogen and oxygen atoms in total. The van der Waals surface area contributed by atoms with Crippen LogP contribution in [-0.4, -0.2) is 34.9 Å². The van der Waals surface area contributed by atoms with E-state index < -0.39 is 17.0 Å². The van der Waals surface area contributed by atoms with Gasteiger partial charge >= 0.3 is 5.97 Å². The van der Waals surface area contributed by atoms with Crippen molar-refractivity contribution in [3.05, 3.63) is 75.2 Å². The van der Waals surface area contributed by atoms with E-state index >= 15 is 0 Å². The Bertz CT molecular complexity index is 1030. The molecule has 3 aromatic rings. The van der Waals surface area contributed by atoms with Crippen molar-refractivity contribution in [1.82, 2.24) is 4.90 Å². The van der Waals surface area contributed by atoms with Crippen LogP contribution in [0.1, 0.15) is 22.2 Å². The molecular weight excluding hydrogens is 380 g/mol. The number of hydrogen-bond donors (Lipinski definition) is 0. The summed E-state index contributed by atoms with van der Waals surface area (Å²) in [5, 5.41) is 11.5. The van der Waals surface area contributed by atoms with Crippen LogP contribution >= 0.6 is 11.3 Å². The third-order valence-corrected chi connectivity index (χ3v) is 5.28. The van der Waals surface area contributed by atoms with E-state index in [2.05, 4.69) is 0 Å². The van der Waals surface area contributed by atoms with E-state index in [1.165, 1.54) is 35.3 Å². The van der Waals surface area contributed by atoms with E-state index in [1.807, 2.05) is 30.3 Å². The smallest absolute Gasteiger partial charge is 0.349 e. The number of amides is 1. The first-order valence-corrected chi connectivity index (χ1v) is 9.34. The number of esters is 1. The third-order valence-electron chi connectivity index (χ3n) is 4.18. The van der Waals surface area contributed by atoms with Gasteiger partial charge in [0, 0.05) is 35.8 Å². The molecule has 2 aromatic carbocycles. The van der Waals surface area contributed by atoms with Crippen LogP contribution in [0, 0.1) is 10.1 Å². The molecule has 0 saturated heterocycles. The highest BCUT2D eigenvalue weighted by Gasteiger charge is 2.23. The molecule has 0 bridgehead atoms. The minimum absolute atomic E-state index is 0.0451. The molecule has 1 unspecified atom stereocenters. The number of thiophene rings is 1. The van der Waals surface area contributed by atoms with E-state index in [0.29, 0.717) is 16.8 Å². The highest BCUT2D eigenvalue weighted by atomic mass is 32.1. The molecule has 0 spiro atoms. The van der Waals surface area contributed by atoms with Gasteiger partial charge in [0.15, 0.2) is 6.10 Å². The second kappa shape index (κ2) is 8.18. The molecule has 0 radical (unpaired) electrons. The van der Waals surface area contributed by atoms with Gasteiger partial charge in [-0.25, -0.2) is 4.79 Å². The summed E-state index contributed by atoms with van der Waals surface area (Å²) >= 11 is 1.17. The largest absolute Gasteiger partial charge is 0.448 e. The first-order valence-electron chi connectivity index (χ1n) is 8.53. The summed E-state index contributed by atoms with van der Waals surface area (Å²) in [6.45, 7) is 1.94. The molecule has 1 aromatic heterocycles. The molecule has 0 fully saturated rings. The van der Waals surface area contributed by atoms with E-state index in [1.54, 1.807) is 19.2 Å². The number of fused-ring (bicyclic) bond motifs is 1. The number of benzene rings is 2. The van der Waals surface area contributed by atoms with Gasteiger partial charge in [-0.1, -0.05) is 30.3 Å². The van der Waals surface area contributed by atoms with Crippen molar-refractivity contribution in [2.24, 2.45) is 0 Å². The summed E-state index contributed by atoms with van der Waals surface area (Å²) in [7, 11) is 1.65. The lowest BCUT2D eigenvalue weighted by atomic mass is 10.2. The molecule has 0 aliphatic rings. The number of likely N-dealkylation sites (N-methyl/N-ethyl adjacent to an activating group) is 1. The molecular formula is C20H18N2O5S. The average Bonchev–Trinajstić information content (AvgIpc) is 3.11. The Kier molecular flexibility index (Phi) is 5.70. The molecule has 1 amide bonds. The second-order valence-corrected chi connectivity index (χ2v) is 7.40. The zero-order valence-corrected chi connectivity index (χ0v) is 16.1. The van der Waals surface area contributed by atoms with Crippen LogP contribution in [0.5, 0.6) is 0 Å². The summed E-state index contributed by atoms with van der Waals surface area (Å²) in [6, 6.07) is 15.4. The lowest BCUT2D eigenvalue weighted by Crippen LogP contribution is -2.37. The predicted molar refractivity (Wildman–Crippen MR) is 106 cm³/mol. The minimum atomic E-state index is -0.944. The Morgan fingerprint density at radius 2 is 1.89 bits per heavy atom. The summed E-state index contributed by atoms with van der Waals surface area (Å²) in [5.74, 6) is -0.938. The number of rotatable bonds is 6. The summed E-state index contributed by atoms with van der Waals surface area (Å²) < 4.78 is 6.04. The van der Waals surface area contributed by atoms with Crippen LogP contribution in [-0.2, 0) is 16.1 Å². The van der Waals surface area contributed by atoms with Crippen molar-refractivity contribution < 1.29 is 19.2 Å². The van der Waals surface area contributed by atoms with Gasteiger partial charge in [0.05, 0.1) is 4.92 Å². The van der Waals surface area contributed by atoms with Crippen molar-refractivity contribution in [2.45, 2.75) is 19.6 Å². The molecule has 0 aliphatic heterocycles. The Balaban J connectivity index is 1.67. The number of hydrogen-bond acceptors (Lipinski definition) is 6. The van der Waals surface area contributed by atoms with Gasteiger partial charge in [-0.15, -0.1) is 11.3 Å². The van der Waals surface area contributed by atoms with E-state index in [-0.39, 0.29) is 11.6 Å². The lowest BCUT2D eigenvalue weighted by Gasteiger charge is -2.21. The number of ether oxygens (including phenoxy) is 1. The highest BCUT2D eigenvalue weighted by Crippen LogP contribution is 2.29. The predicted octanol–water partition coefficient (Wildman–Crippen LogP) is 4.01. The van der Waals surface area contributed by atoms with Crippen LogP contribution in [0.25, 0.3) is 10.1 Å². The van der Waals surface area contributed by atoms with Crippen molar-refractivity contribution in [3.63, 3.8) is 0 Å². The number of non-ortho nitro benzene ring substituents is 1. The second-order valence-electron chi connectivity index (χ2n) is 6.32. The van der Waals surface area contributed by atoms with Crippen molar-refractivity contribution in [1.29, 1.82) is 0 Å². The molecule has 144 valence electrons. The van der Waals surface area contributed by atoms with Gasteiger partial charge in [0.2, 0.25) is 0 Å². The molecule has 0 aliphatic carbocycles. The normalized spacial score (nSPS) is 11.8. The number of nitro benzene ring substituents is 1. The molecule has 0 N–H and O–H groups in total. The van der Waals surface area contributed by atoms with Gasteiger partial charge < -0.3 is 9.64 Å². The van der Waals surface area contributed by atoms with Crippen LogP contribution in [0.2, 0.25) is 0 Å². The Hall–Kier alpha value is -3.26.